The fourth-order valence-electron chi connectivity index (χ4n) is 2.67. The van der Waals surface area contributed by atoms with Gasteiger partial charge in [-0.2, -0.15) is 0 Å². The molecular weight excluding hydrogens is 266 g/mol. The van der Waals surface area contributed by atoms with Gasteiger partial charge < -0.3 is 15.4 Å². The molecule has 1 aliphatic heterocycles. The number of amides is 1. The molecule has 21 heavy (non-hydrogen) atoms. The number of rotatable bonds is 2. The zero-order valence-corrected chi connectivity index (χ0v) is 11.8. The zero-order valence-electron chi connectivity index (χ0n) is 11.8. The predicted molar refractivity (Wildman–Crippen MR) is 80.5 cm³/mol. The number of aromatic nitrogens is 1. The van der Waals surface area contributed by atoms with E-state index in [1.54, 1.807) is 23.4 Å². The smallest absolute Gasteiger partial charge is 0.262 e. The van der Waals surface area contributed by atoms with E-state index in [1.165, 1.54) is 7.11 Å². The lowest BCUT2D eigenvalue weighted by atomic mass is 9.96. The lowest BCUT2D eigenvalue weighted by Crippen LogP contribution is -2.38. The summed E-state index contributed by atoms with van der Waals surface area (Å²) in [5.74, 6) is 0.392. The van der Waals surface area contributed by atoms with Gasteiger partial charge in [-0.15, -0.1) is 0 Å². The highest BCUT2D eigenvalue weighted by Crippen LogP contribution is 2.33. The lowest BCUT2D eigenvalue weighted by molar-refractivity contribution is 0.0981. The monoisotopic (exact) mass is 283 g/mol. The third kappa shape index (κ3) is 2.36. The molecule has 1 aromatic carbocycles. The average molecular weight is 283 g/mol. The van der Waals surface area contributed by atoms with Gasteiger partial charge in [0.15, 0.2) is 0 Å². The number of hydrogen-bond donors (Lipinski definition) is 1. The predicted octanol–water partition coefficient (Wildman–Crippen LogP) is 2.14. The Balaban J connectivity index is 2.01. The van der Waals surface area contributed by atoms with Crippen LogP contribution in [0.5, 0.6) is 5.75 Å². The zero-order chi connectivity index (χ0) is 14.8. The fourth-order valence-corrected chi connectivity index (χ4v) is 2.67. The van der Waals surface area contributed by atoms with Crippen LogP contribution in [0.1, 0.15) is 28.4 Å². The van der Waals surface area contributed by atoms with E-state index < -0.39 is 0 Å². The van der Waals surface area contributed by atoms with Crippen LogP contribution in [0.25, 0.3) is 0 Å². The molecule has 0 saturated heterocycles. The summed E-state index contributed by atoms with van der Waals surface area (Å²) in [5, 5.41) is 0. The number of nitrogens with zero attached hydrogens (tertiary/aromatic N) is 2. The van der Waals surface area contributed by atoms with Gasteiger partial charge in [-0.25, -0.2) is 0 Å². The minimum Gasteiger partial charge on any atom is -0.494 e. The number of nitrogens with two attached hydrogens (primary N) is 1. The first-order valence-corrected chi connectivity index (χ1v) is 6.86. The number of carbonyl (C=O) groups is 1. The summed E-state index contributed by atoms with van der Waals surface area (Å²) in [6.45, 7) is 0.600. The van der Waals surface area contributed by atoms with Gasteiger partial charge in [-0.3, -0.25) is 9.78 Å². The van der Waals surface area contributed by atoms with Gasteiger partial charge in [0.05, 0.1) is 18.9 Å². The van der Waals surface area contributed by atoms with Crippen molar-refractivity contribution in [3.63, 3.8) is 0 Å². The first-order chi connectivity index (χ1) is 10.2. The van der Waals surface area contributed by atoms with Crippen LogP contribution in [0.2, 0.25) is 0 Å². The maximum atomic E-state index is 12.8. The molecule has 2 N–H and O–H groups in total. The molecule has 1 atom stereocenters. The van der Waals surface area contributed by atoms with Crippen molar-refractivity contribution in [3.8, 4) is 5.75 Å². The molecule has 2 aromatic rings. The second kappa shape index (κ2) is 5.54. The summed E-state index contributed by atoms with van der Waals surface area (Å²) < 4.78 is 5.23. The number of hydrogen-bond acceptors (Lipinski definition) is 4. The molecule has 0 saturated carbocycles. The number of pyridine rings is 1. The van der Waals surface area contributed by atoms with Gasteiger partial charge in [0.2, 0.25) is 0 Å². The number of ether oxygens (including phenoxy) is 1. The van der Waals surface area contributed by atoms with Crippen molar-refractivity contribution >= 4 is 11.6 Å². The number of benzene rings is 1. The number of carbonyl (C=O) groups excluding carboxylic acids is 1. The van der Waals surface area contributed by atoms with Crippen LogP contribution in [0.4, 0.5) is 5.69 Å². The maximum Gasteiger partial charge on any atom is 0.262 e. The summed E-state index contributed by atoms with van der Waals surface area (Å²) in [6.07, 6.45) is 3.89. The topological polar surface area (TPSA) is 68.5 Å². The third-order valence-corrected chi connectivity index (χ3v) is 3.77. The summed E-state index contributed by atoms with van der Waals surface area (Å²) >= 11 is 0. The van der Waals surface area contributed by atoms with Crippen molar-refractivity contribution < 1.29 is 9.53 Å². The average Bonchev–Trinajstić information content (AvgIpc) is 2.55. The first kappa shape index (κ1) is 13.6. The Morgan fingerprint density at radius 2 is 2.19 bits per heavy atom. The number of para-hydroxylation sites is 1. The molecule has 108 valence electrons. The van der Waals surface area contributed by atoms with Crippen molar-refractivity contribution in [2.45, 2.75) is 12.5 Å². The van der Waals surface area contributed by atoms with Crippen molar-refractivity contribution in [2.75, 3.05) is 18.6 Å². The summed E-state index contributed by atoms with van der Waals surface area (Å²) in [7, 11) is 1.54. The quantitative estimate of drug-likeness (QED) is 0.917. The Bertz CT molecular complexity index is 672. The van der Waals surface area contributed by atoms with E-state index in [1.807, 2.05) is 24.3 Å². The van der Waals surface area contributed by atoms with Crippen molar-refractivity contribution in [1.29, 1.82) is 0 Å². The second-order valence-corrected chi connectivity index (χ2v) is 4.99. The molecule has 1 amide bonds. The van der Waals surface area contributed by atoms with Gasteiger partial charge in [0, 0.05) is 24.5 Å². The number of fused-ring (bicyclic) bond motifs is 1. The van der Waals surface area contributed by atoms with Gasteiger partial charge in [0.25, 0.3) is 5.91 Å². The van der Waals surface area contributed by atoms with E-state index in [2.05, 4.69) is 4.98 Å². The largest absolute Gasteiger partial charge is 0.494 e. The molecule has 0 bridgehead atoms. The van der Waals surface area contributed by atoms with E-state index in [-0.39, 0.29) is 11.9 Å². The Morgan fingerprint density at radius 1 is 1.38 bits per heavy atom. The van der Waals surface area contributed by atoms with Gasteiger partial charge in [-0.1, -0.05) is 18.2 Å². The minimum atomic E-state index is -0.0893. The number of anilines is 1. The van der Waals surface area contributed by atoms with Crippen LogP contribution in [0, 0.1) is 0 Å². The first-order valence-electron chi connectivity index (χ1n) is 6.86. The maximum absolute atomic E-state index is 12.8. The Kier molecular flexibility index (Phi) is 3.58. The molecule has 3 rings (SSSR count). The Labute approximate surface area is 123 Å². The highest BCUT2D eigenvalue weighted by molar-refractivity contribution is 6.08. The Hall–Kier alpha value is -2.40. The van der Waals surface area contributed by atoms with E-state index in [4.69, 9.17) is 10.5 Å². The number of methoxy groups -OCH3 is 1. The van der Waals surface area contributed by atoms with Gasteiger partial charge in [-0.05, 0) is 24.1 Å². The summed E-state index contributed by atoms with van der Waals surface area (Å²) in [6, 6.07) is 9.42. The molecule has 0 aliphatic carbocycles. The van der Waals surface area contributed by atoms with Crippen molar-refractivity contribution in [1.82, 2.24) is 4.98 Å². The third-order valence-electron chi connectivity index (χ3n) is 3.77. The van der Waals surface area contributed by atoms with Crippen LogP contribution < -0.4 is 15.4 Å². The van der Waals surface area contributed by atoms with Crippen LogP contribution in [-0.4, -0.2) is 24.5 Å². The molecule has 5 heteroatoms. The fraction of sp³-hybridized carbons (Fsp3) is 0.250. The van der Waals surface area contributed by atoms with Crippen LogP contribution in [0.15, 0.2) is 42.7 Å². The SMILES string of the molecule is COc1cnccc1C(=O)N1CCC(N)c2ccccc21. The van der Waals surface area contributed by atoms with E-state index in [0.717, 1.165) is 17.7 Å². The molecule has 5 nitrogen and oxygen atoms in total. The van der Waals surface area contributed by atoms with Crippen LogP contribution in [-0.2, 0) is 0 Å². The molecule has 2 heterocycles. The minimum absolute atomic E-state index is 0.0235. The van der Waals surface area contributed by atoms with Gasteiger partial charge >= 0.3 is 0 Å². The van der Waals surface area contributed by atoms with E-state index >= 15 is 0 Å². The molecule has 1 aromatic heterocycles. The summed E-state index contributed by atoms with van der Waals surface area (Å²) in [5.41, 5.74) is 8.52. The van der Waals surface area contributed by atoms with E-state index in [9.17, 15) is 4.79 Å². The molecule has 1 aliphatic rings. The highest BCUT2D eigenvalue weighted by Gasteiger charge is 2.28. The lowest BCUT2D eigenvalue weighted by Gasteiger charge is -2.33. The molecule has 0 radical (unpaired) electrons. The van der Waals surface area contributed by atoms with Crippen LogP contribution in [0.3, 0.4) is 0 Å². The standard InChI is InChI=1S/C16H17N3O2/c1-21-15-10-18-8-6-12(15)16(20)19-9-7-13(17)11-4-2-3-5-14(11)19/h2-6,8,10,13H,7,9,17H2,1H3. The molecule has 1 unspecified atom stereocenters. The van der Waals surface area contributed by atoms with Crippen LogP contribution >= 0.6 is 0 Å². The van der Waals surface area contributed by atoms with Crippen molar-refractivity contribution in [2.24, 2.45) is 5.73 Å². The molecule has 0 spiro atoms. The highest BCUT2D eigenvalue weighted by atomic mass is 16.5. The van der Waals surface area contributed by atoms with Crippen molar-refractivity contribution in [3.05, 3.63) is 53.9 Å². The van der Waals surface area contributed by atoms with Gasteiger partial charge in [0.1, 0.15) is 5.75 Å². The second-order valence-electron chi connectivity index (χ2n) is 4.99. The summed E-state index contributed by atoms with van der Waals surface area (Å²) in [4.78, 5) is 18.6. The Morgan fingerprint density at radius 3 is 3.00 bits per heavy atom. The normalized spacial score (nSPS) is 17.2. The van der Waals surface area contributed by atoms with E-state index in [0.29, 0.717) is 17.9 Å². The molecular formula is C16H17N3O2. The molecule has 0 fully saturated rings.